The summed E-state index contributed by atoms with van der Waals surface area (Å²) in [5.74, 6) is -0.204. The molecule has 2 fully saturated rings. The standard InChI is InChI=1S/C26H31N9O5/c1-15(36)35-11-9-34(10-12-35)14-21-30-26(40-33-21)17-5-4-6-18(23(17)39-3)28-19-13-20(29-24(37)16-7-8-16)31-32-22(19)25(38)27-2/h4-6,13,16H,7-12,14H2,1-3H3,(H,27,38)(H2,28,29,31,37)/i2D3. The average Bonchev–Trinajstić information content (AvgIpc) is 3.71. The van der Waals surface area contributed by atoms with E-state index in [1.54, 1.807) is 30.0 Å². The predicted molar refractivity (Wildman–Crippen MR) is 144 cm³/mol. The zero-order valence-electron chi connectivity index (χ0n) is 25.1. The van der Waals surface area contributed by atoms with Gasteiger partial charge >= 0.3 is 0 Å². The zero-order chi connectivity index (χ0) is 30.7. The van der Waals surface area contributed by atoms with Crippen LogP contribution < -0.4 is 20.7 Å². The third-order valence-corrected chi connectivity index (χ3v) is 6.69. The summed E-state index contributed by atoms with van der Waals surface area (Å²) >= 11 is 0. The minimum absolute atomic E-state index is 0.0499. The van der Waals surface area contributed by atoms with Crippen molar-refractivity contribution in [3.8, 4) is 17.2 Å². The highest BCUT2D eigenvalue weighted by atomic mass is 16.5. The summed E-state index contributed by atoms with van der Waals surface area (Å²) in [6, 6.07) is 6.49. The number of hydrogen-bond acceptors (Lipinski definition) is 11. The van der Waals surface area contributed by atoms with Crippen LogP contribution in [0.4, 0.5) is 17.2 Å². The molecule has 3 N–H and O–H groups in total. The molecule has 210 valence electrons. The molecule has 14 nitrogen and oxygen atoms in total. The van der Waals surface area contributed by atoms with Gasteiger partial charge in [0.25, 0.3) is 11.8 Å². The second-order valence-corrected chi connectivity index (χ2v) is 9.52. The monoisotopic (exact) mass is 552 g/mol. The molecule has 0 spiro atoms. The molecule has 1 aromatic carbocycles. The smallest absolute Gasteiger partial charge is 0.273 e. The lowest BCUT2D eigenvalue weighted by molar-refractivity contribution is -0.130. The number of carbonyl (C=O) groups is 3. The average molecular weight is 553 g/mol. The summed E-state index contributed by atoms with van der Waals surface area (Å²) in [7, 11) is 1.45. The van der Waals surface area contributed by atoms with Crippen LogP contribution in [0.1, 0.15) is 40.2 Å². The number of benzene rings is 1. The van der Waals surface area contributed by atoms with Crippen LogP contribution in [0.3, 0.4) is 0 Å². The van der Waals surface area contributed by atoms with Gasteiger partial charge in [-0.25, -0.2) is 0 Å². The first-order valence-electron chi connectivity index (χ1n) is 14.3. The number of aromatic nitrogens is 4. The molecule has 0 bridgehead atoms. The first kappa shape index (κ1) is 23.3. The number of methoxy groups -OCH3 is 1. The molecule has 14 heteroatoms. The fraction of sp³-hybridized carbons (Fsp3) is 0.423. The summed E-state index contributed by atoms with van der Waals surface area (Å²) in [5, 5.41) is 19.5. The Labute approximate surface area is 234 Å². The highest BCUT2D eigenvalue weighted by Gasteiger charge is 2.30. The normalized spacial score (nSPS) is 16.9. The summed E-state index contributed by atoms with van der Waals surface area (Å²) in [6.07, 6.45) is 1.56. The van der Waals surface area contributed by atoms with Crippen LogP contribution >= 0.6 is 0 Å². The van der Waals surface area contributed by atoms with Crippen LogP contribution in [0.25, 0.3) is 11.5 Å². The molecule has 40 heavy (non-hydrogen) atoms. The van der Waals surface area contributed by atoms with Crippen LogP contribution in [-0.4, -0.2) is 88.1 Å². The first-order chi connectivity index (χ1) is 20.5. The van der Waals surface area contributed by atoms with Crippen molar-refractivity contribution < 1.29 is 27.8 Å². The highest BCUT2D eigenvalue weighted by molar-refractivity contribution is 6.00. The molecule has 3 heterocycles. The quantitative estimate of drug-likeness (QED) is 0.353. The Morgan fingerprint density at radius 2 is 1.95 bits per heavy atom. The van der Waals surface area contributed by atoms with E-state index in [4.69, 9.17) is 13.4 Å². The predicted octanol–water partition coefficient (Wildman–Crippen LogP) is 1.65. The van der Waals surface area contributed by atoms with E-state index in [0.29, 0.717) is 55.5 Å². The summed E-state index contributed by atoms with van der Waals surface area (Å²) in [4.78, 5) is 45.2. The van der Waals surface area contributed by atoms with Crippen molar-refractivity contribution in [1.82, 2.24) is 35.5 Å². The van der Waals surface area contributed by atoms with E-state index in [9.17, 15) is 14.4 Å². The fourth-order valence-corrected chi connectivity index (χ4v) is 4.37. The second-order valence-electron chi connectivity index (χ2n) is 9.52. The summed E-state index contributed by atoms with van der Waals surface area (Å²) < 4.78 is 33.4. The zero-order valence-corrected chi connectivity index (χ0v) is 22.1. The van der Waals surface area contributed by atoms with Crippen molar-refractivity contribution in [3.63, 3.8) is 0 Å². The van der Waals surface area contributed by atoms with Crippen molar-refractivity contribution in [2.45, 2.75) is 26.3 Å². The number of para-hydroxylation sites is 1. The van der Waals surface area contributed by atoms with E-state index in [-0.39, 0.29) is 40.8 Å². The van der Waals surface area contributed by atoms with Crippen molar-refractivity contribution >= 4 is 34.9 Å². The lowest BCUT2D eigenvalue weighted by Crippen LogP contribution is -2.47. The molecular formula is C26H31N9O5. The van der Waals surface area contributed by atoms with Crippen LogP contribution in [0.2, 0.25) is 0 Å². The number of anilines is 3. The largest absolute Gasteiger partial charge is 0.494 e. The Morgan fingerprint density at radius 3 is 2.65 bits per heavy atom. The Morgan fingerprint density at radius 1 is 1.15 bits per heavy atom. The van der Waals surface area contributed by atoms with Gasteiger partial charge in [0.1, 0.15) is 0 Å². The maximum Gasteiger partial charge on any atom is 0.273 e. The van der Waals surface area contributed by atoms with Crippen LogP contribution in [0, 0.1) is 5.92 Å². The van der Waals surface area contributed by atoms with Gasteiger partial charge in [0.05, 0.1) is 30.6 Å². The molecule has 5 rings (SSSR count). The maximum absolute atomic E-state index is 12.8. The Balaban J connectivity index is 1.39. The van der Waals surface area contributed by atoms with E-state index in [2.05, 4.69) is 35.9 Å². The van der Waals surface area contributed by atoms with Gasteiger partial charge in [-0.15, -0.1) is 10.2 Å². The van der Waals surface area contributed by atoms with Crippen LogP contribution in [-0.2, 0) is 16.1 Å². The number of amides is 3. The lowest BCUT2D eigenvalue weighted by Gasteiger charge is -2.33. The molecule has 3 amide bonds. The number of piperazine rings is 1. The van der Waals surface area contributed by atoms with Crippen molar-refractivity contribution in [2.24, 2.45) is 5.92 Å². The molecule has 1 saturated heterocycles. The van der Waals surface area contributed by atoms with Gasteiger partial charge in [-0.1, -0.05) is 11.2 Å². The van der Waals surface area contributed by atoms with E-state index in [0.717, 1.165) is 12.8 Å². The second kappa shape index (κ2) is 11.7. The van der Waals surface area contributed by atoms with Gasteiger partial charge in [-0.05, 0) is 25.0 Å². The molecule has 2 aliphatic rings. The highest BCUT2D eigenvalue weighted by Crippen LogP contribution is 2.38. The van der Waals surface area contributed by atoms with Crippen molar-refractivity contribution in [3.05, 3.63) is 35.8 Å². The summed E-state index contributed by atoms with van der Waals surface area (Å²) in [6.45, 7) is 1.87. The minimum Gasteiger partial charge on any atom is -0.494 e. The lowest BCUT2D eigenvalue weighted by atomic mass is 10.1. The molecular weight excluding hydrogens is 518 g/mol. The van der Waals surface area contributed by atoms with E-state index in [1.807, 2.05) is 5.32 Å². The fourth-order valence-electron chi connectivity index (χ4n) is 4.37. The minimum atomic E-state index is -2.76. The van der Waals surface area contributed by atoms with E-state index < -0.39 is 12.9 Å². The molecule has 0 unspecified atom stereocenters. The molecule has 0 atom stereocenters. The van der Waals surface area contributed by atoms with Crippen molar-refractivity contribution in [2.75, 3.05) is 50.9 Å². The number of carbonyl (C=O) groups excluding carboxylic acids is 3. The number of nitrogens with zero attached hydrogens (tertiary/aromatic N) is 6. The van der Waals surface area contributed by atoms with E-state index in [1.165, 1.54) is 13.2 Å². The third kappa shape index (κ3) is 6.01. The van der Waals surface area contributed by atoms with E-state index >= 15 is 0 Å². The Hall–Kier alpha value is -4.59. The molecule has 3 aromatic rings. The van der Waals surface area contributed by atoms with Crippen molar-refractivity contribution in [1.29, 1.82) is 0 Å². The third-order valence-electron chi connectivity index (χ3n) is 6.69. The topological polar surface area (TPSA) is 168 Å². The molecule has 1 aliphatic carbocycles. The van der Waals surface area contributed by atoms with Gasteiger partial charge < -0.3 is 30.1 Å². The maximum atomic E-state index is 12.8. The Kier molecular flexibility index (Phi) is 6.79. The molecule has 1 saturated carbocycles. The number of nitrogens with one attached hydrogen (secondary N) is 3. The molecule has 0 radical (unpaired) electrons. The van der Waals surface area contributed by atoms with Crippen LogP contribution in [0.5, 0.6) is 5.75 Å². The number of hydrogen-bond donors (Lipinski definition) is 3. The van der Waals surface area contributed by atoms with Gasteiger partial charge in [-0.2, -0.15) is 4.98 Å². The van der Waals surface area contributed by atoms with Gasteiger partial charge in [0.15, 0.2) is 23.1 Å². The van der Waals surface area contributed by atoms with Gasteiger partial charge in [0.2, 0.25) is 11.8 Å². The molecule has 1 aliphatic heterocycles. The molecule has 2 aromatic heterocycles. The van der Waals surface area contributed by atoms with Gasteiger partial charge in [-0.3, -0.25) is 19.3 Å². The van der Waals surface area contributed by atoms with Crippen LogP contribution in [0.15, 0.2) is 28.8 Å². The first-order valence-corrected chi connectivity index (χ1v) is 12.8. The number of ether oxygens (including phenoxy) is 1. The SMILES string of the molecule is [2H]C([2H])([2H])NC(=O)c1nnc(NC(=O)C2CC2)cc1Nc1cccc(-c2nc(CN3CCN(C(C)=O)CC3)no2)c1OC. The Bertz CT molecular complexity index is 1520. The van der Waals surface area contributed by atoms with Gasteiger partial charge in [0, 0.05) is 56.2 Å². The summed E-state index contributed by atoms with van der Waals surface area (Å²) in [5.41, 5.74) is 0.605. The number of rotatable bonds is 9.